The van der Waals surface area contributed by atoms with Crippen LogP contribution in [-0.2, 0) is 20.9 Å². The Morgan fingerprint density at radius 1 is 1.40 bits per heavy atom. The van der Waals surface area contributed by atoms with E-state index in [1.54, 1.807) is 19.2 Å². The van der Waals surface area contributed by atoms with E-state index >= 15 is 0 Å². The number of methoxy groups -OCH3 is 1. The number of hydrogen-bond acceptors (Lipinski definition) is 5. The smallest absolute Gasteiger partial charge is 0.327 e. The van der Waals surface area contributed by atoms with Crippen LogP contribution in [0.25, 0.3) is 0 Å². The van der Waals surface area contributed by atoms with E-state index in [9.17, 15) is 9.59 Å². The lowest BCUT2D eigenvalue weighted by Gasteiger charge is -2.15. The number of hydrogen-bond donors (Lipinski definition) is 2. The van der Waals surface area contributed by atoms with Gasteiger partial charge < -0.3 is 24.6 Å². The highest BCUT2D eigenvalue weighted by Gasteiger charge is 2.17. The Morgan fingerprint density at radius 3 is 2.92 bits per heavy atom. The highest BCUT2D eigenvalue weighted by molar-refractivity contribution is 5.82. The Bertz CT molecular complexity index is 622. The van der Waals surface area contributed by atoms with Gasteiger partial charge in [0.25, 0.3) is 0 Å². The average molecular weight is 349 g/mol. The van der Waals surface area contributed by atoms with E-state index in [1.165, 1.54) is 6.08 Å². The summed E-state index contributed by atoms with van der Waals surface area (Å²) in [5.74, 6) is -0.0979. The van der Waals surface area contributed by atoms with Gasteiger partial charge in [0, 0.05) is 25.6 Å². The Morgan fingerprint density at radius 2 is 2.24 bits per heavy atom. The number of amides is 1. The summed E-state index contributed by atoms with van der Waals surface area (Å²) in [5.41, 5.74) is 0.858. The van der Waals surface area contributed by atoms with Crippen LogP contribution in [0.5, 0.6) is 11.5 Å². The quantitative estimate of drug-likeness (QED) is 0.661. The van der Waals surface area contributed by atoms with Gasteiger partial charge in [0.2, 0.25) is 5.91 Å². The normalized spacial score (nSPS) is 16.8. The number of carbonyl (C=O) groups is 2. The fourth-order valence-electron chi connectivity index (χ4n) is 2.44. The minimum absolute atomic E-state index is 0.0199. The lowest BCUT2D eigenvalue weighted by Crippen LogP contribution is -2.22. The van der Waals surface area contributed by atoms with E-state index in [0.29, 0.717) is 24.7 Å². The van der Waals surface area contributed by atoms with Crippen LogP contribution in [0.2, 0.25) is 0 Å². The number of benzene rings is 1. The van der Waals surface area contributed by atoms with Gasteiger partial charge in [-0.05, 0) is 30.5 Å². The van der Waals surface area contributed by atoms with E-state index in [-0.39, 0.29) is 18.4 Å². The number of carbonyl (C=O) groups excluding carboxylic acids is 1. The highest BCUT2D eigenvalue weighted by atomic mass is 16.5. The molecule has 0 aliphatic carbocycles. The van der Waals surface area contributed by atoms with Gasteiger partial charge in [-0.15, -0.1) is 0 Å². The maximum atomic E-state index is 11.6. The second-order valence-electron chi connectivity index (χ2n) is 5.65. The van der Waals surface area contributed by atoms with Gasteiger partial charge in [-0.1, -0.05) is 12.1 Å². The Hall–Kier alpha value is -2.54. The van der Waals surface area contributed by atoms with Crippen LogP contribution in [0.15, 0.2) is 30.4 Å². The zero-order valence-corrected chi connectivity index (χ0v) is 14.2. The first-order valence-corrected chi connectivity index (χ1v) is 8.16. The molecule has 1 atom stereocenters. The lowest BCUT2D eigenvalue weighted by atomic mass is 10.2. The van der Waals surface area contributed by atoms with Gasteiger partial charge in [-0.3, -0.25) is 4.79 Å². The molecule has 1 unspecified atom stereocenters. The maximum absolute atomic E-state index is 11.6. The molecule has 0 radical (unpaired) electrons. The van der Waals surface area contributed by atoms with Crippen molar-refractivity contribution in [1.82, 2.24) is 5.32 Å². The molecule has 1 aliphatic rings. The second-order valence-corrected chi connectivity index (χ2v) is 5.65. The molecule has 1 aromatic carbocycles. The summed E-state index contributed by atoms with van der Waals surface area (Å²) < 4.78 is 16.6. The van der Waals surface area contributed by atoms with Crippen molar-refractivity contribution in [2.24, 2.45) is 0 Å². The third-order valence-corrected chi connectivity index (χ3v) is 3.73. The van der Waals surface area contributed by atoms with E-state index in [2.05, 4.69) is 5.32 Å². The van der Waals surface area contributed by atoms with Gasteiger partial charge >= 0.3 is 5.97 Å². The SMILES string of the molecule is COc1cc(CNC(=O)C/C=C/C(=O)O)ccc1OCC1CCCO1. The Labute approximate surface area is 146 Å². The number of nitrogens with one attached hydrogen (secondary N) is 1. The molecule has 2 rings (SSSR count). The Balaban J connectivity index is 1.84. The maximum Gasteiger partial charge on any atom is 0.327 e. The topological polar surface area (TPSA) is 94.1 Å². The first kappa shape index (κ1) is 18.8. The van der Waals surface area contributed by atoms with Crippen LogP contribution in [-0.4, -0.2) is 43.4 Å². The number of ether oxygens (including phenoxy) is 3. The third-order valence-electron chi connectivity index (χ3n) is 3.73. The zero-order valence-electron chi connectivity index (χ0n) is 14.2. The summed E-state index contributed by atoms with van der Waals surface area (Å²) in [6, 6.07) is 5.46. The Kier molecular flexibility index (Phi) is 7.28. The number of carboxylic acid groups (broad SMARTS) is 1. The van der Waals surface area contributed by atoms with Gasteiger partial charge in [-0.2, -0.15) is 0 Å². The first-order chi connectivity index (χ1) is 12.1. The van der Waals surface area contributed by atoms with Crippen molar-refractivity contribution in [2.45, 2.75) is 31.9 Å². The van der Waals surface area contributed by atoms with E-state index in [0.717, 1.165) is 31.1 Å². The summed E-state index contributed by atoms with van der Waals surface area (Å²) in [7, 11) is 1.56. The van der Waals surface area contributed by atoms with Gasteiger partial charge in [-0.25, -0.2) is 4.79 Å². The molecule has 0 bridgehead atoms. The van der Waals surface area contributed by atoms with Crippen molar-refractivity contribution in [3.8, 4) is 11.5 Å². The van der Waals surface area contributed by atoms with Gasteiger partial charge in [0.05, 0.1) is 13.2 Å². The minimum Gasteiger partial charge on any atom is -0.493 e. The highest BCUT2D eigenvalue weighted by Crippen LogP contribution is 2.29. The summed E-state index contributed by atoms with van der Waals surface area (Å²) >= 11 is 0. The molecule has 1 aromatic rings. The molecular weight excluding hydrogens is 326 g/mol. The van der Waals surface area contributed by atoms with Crippen molar-refractivity contribution in [1.29, 1.82) is 0 Å². The number of carboxylic acids is 1. The van der Waals surface area contributed by atoms with E-state index in [1.807, 2.05) is 6.07 Å². The van der Waals surface area contributed by atoms with Crippen LogP contribution in [0, 0.1) is 0 Å². The van der Waals surface area contributed by atoms with Crippen LogP contribution >= 0.6 is 0 Å². The summed E-state index contributed by atoms with van der Waals surface area (Å²) in [6.45, 7) is 1.59. The first-order valence-electron chi connectivity index (χ1n) is 8.16. The fourth-order valence-corrected chi connectivity index (χ4v) is 2.44. The predicted molar refractivity (Wildman–Crippen MR) is 90.7 cm³/mol. The number of aliphatic carboxylic acids is 1. The summed E-state index contributed by atoms with van der Waals surface area (Å²) in [4.78, 5) is 22.0. The van der Waals surface area contributed by atoms with Crippen molar-refractivity contribution >= 4 is 11.9 Å². The third kappa shape index (κ3) is 6.46. The predicted octanol–water partition coefficient (Wildman–Crippen LogP) is 1.90. The molecule has 1 fully saturated rings. The van der Waals surface area contributed by atoms with E-state index in [4.69, 9.17) is 19.3 Å². The van der Waals surface area contributed by atoms with Crippen molar-refractivity contribution in [2.75, 3.05) is 20.3 Å². The van der Waals surface area contributed by atoms with Crippen LogP contribution in [0.1, 0.15) is 24.8 Å². The van der Waals surface area contributed by atoms with Crippen molar-refractivity contribution in [3.05, 3.63) is 35.9 Å². The standard InChI is InChI=1S/C18H23NO6/c1-23-16-10-13(11-19-17(20)5-2-6-18(21)22)7-8-15(16)25-12-14-4-3-9-24-14/h2,6-8,10,14H,3-5,9,11-12H2,1H3,(H,19,20)(H,21,22)/b6-2+. The van der Waals surface area contributed by atoms with E-state index < -0.39 is 5.97 Å². The molecule has 7 heteroatoms. The van der Waals surface area contributed by atoms with Gasteiger partial charge in [0.15, 0.2) is 11.5 Å². The molecule has 1 aliphatic heterocycles. The van der Waals surface area contributed by atoms with Gasteiger partial charge in [0.1, 0.15) is 6.61 Å². The molecule has 0 aromatic heterocycles. The monoisotopic (exact) mass is 349 g/mol. The molecule has 25 heavy (non-hydrogen) atoms. The summed E-state index contributed by atoms with van der Waals surface area (Å²) in [6.07, 6.45) is 4.46. The molecule has 2 N–H and O–H groups in total. The van der Waals surface area contributed by atoms with Crippen molar-refractivity contribution in [3.63, 3.8) is 0 Å². The largest absolute Gasteiger partial charge is 0.493 e. The molecule has 136 valence electrons. The van der Waals surface area contributed by atoms with Crippen LogP contribution in [0.4, 0.5) is 0 Å². The fraction of sp³-hybridized carbons (Fsp3) is 0.444. The second kappa shape index (κ2) is 9.68. The van der Waals surface area contributed by atoms with Crippen LogP contribution < -0.4 is 14.8 Å². The molecule has 0 saturated carbocycles. The molecular formula is C18H23NO6. The molecule has 7 nitrogen and oxygen atoms in total. The van der Waals surface area contributed by atoms with Crippen molar-refractivity contribution < 1.29 is 28.9 Å². The summed E-state index contributed by atoms with van der Waals surface area (Å²) in [5, 5.41) is 11.2. The molecule has 1 amide bonds. The molecule has 1 heterocycles. The van der Waals surface area contributed by atoms with Crippen LogP contribution in [0.3, 0.4) is 0 Å². The number of rotatable bonds is 9. The minimum atomic E-state index is -1.07. The molecule has 1 saturated heterocycles. The molecule has 0 spiro atoms. The zero-order chi connectivity index (χ0) is 18.1. The average Bonchev–Trinajstić information content (AvgIpc) is 3.11. The lowest BCUT2D eigenvalue weighted by molar-refractivity contribution is -0.131.